The highest BCUT2D eigenvalue weighted by molar-refractivity contribution is 6.46. The first-order valence-electron chi connectivity index (χ1n) is 10.7. The van der Waals surface area contributed by atoms with Crippen LogP contribution in [0.1, 0.15) is 31.0 Å². The standard InChI is InChI=1S/C25H27Cl2NO6/c1-14(2)13-34-17-7-5-6-15(10-17)21-20(23(30)25(31)28(21)8-9-32-3)22(29)16-11-18(26)24(33-4)19(27)12-16/h5-7,10-12,14,21,29H,8-9,13H2,1-4H3/b22-20+. The molecular formula is C25H27Cl2NO6. The summed E-state index contributed by atoms with van der Waals surface area (Å²) >= 11 is 12.5. The molecule has 0 aromatic heterocycles. The number of halogens is 2. The van der Waals surface area contributed by atoms with Crippen molar-refractivity contribution in [3.8, 4) is 11.5 Å². The lowest BCUT2D eigenvalue weighted by Gasteiger charge is -2.25. The van der Waals surface area contributed by atoms with Crippen molar-refractivity contribution in [1.29, 1.82) is 0 Å². The molecule has 0 radical (unpaired) electrons. The monoisotopic (exact) mass is 507 g/mol. The van der Waals surface area contributed by atoms with Gasteiger partial charge in [0.1, 0.15) is 11.5 Å². The molecule has 1 aliphatic rings. The van der Waals surface area contributed by atoms with E-state index in [1.807, 2.05) is 13.8 Å². The number of hydrogen-bond acceptors (Lipinski definition) is 6. The van der Waals surface area contributed by atoms with Gasteiger partial charge in [0.05, 0.1) is 42.0 Å². The number of amides is 1. The molecule has 0 aliphatic carbocycles. The van der Waals surface area contributed by atoms with Crippen molar-refractivity contribution in [2.75, 3.05) is 34.0 Å². The SMILES string of the molecule is COCCN1C(=O)C(=O)/C(=C(/O)c2cc(Cl)c(OC)c(Cl)c2)C1c1cccc(OCC(C)C)c1. The number of methoxy groups -OCH3 is 2. The number of likely N-dealkylation sites (tertiary alicyclic amines) is 1. The summed E-state index contributed by atoms with van der Waals surface area (Å²) in [6, 6.07) is 9.14. The normalized spacial score (nSPS) is 17.5. The Morgan fingerprint density at radius 3 is 2.38 bits per heavy atom. The van der Waals surface area contributed by atoms with E-state index >= 15 is 0 Å². The molecule has 2 aromatic rings. The molecule has 1 aliphatic heterocycles. The van der Waals surface area contributed by atoms with Gasteiger partial charge in [-0.3, -0.25) is 9.59 Å². The van der Waals surface area contributed by atoms with Crippen molar-refractivity contribution in [3.05, 3.63) is 63.1 Å². The average Bonchev–Trinajstić information content (AvgIpc) is 3.05. The Labute approximate surface area is 208 Å². The van der Waals surface area contributed by atoms with E-state index in [9.17, 15) is 14.7 Å². The molecule has 1 fully saturated rings. The topological polar surface area (TPSA) is 85.3 Å². The number of ketones is 1. The fourth-order valence-electron chi connectivity index (χ4n) is 3.73. The third-order valence-corrected chi connectivity index (χ3v) is 5.87. The van der Waals surface area contributed by atoms with Crippen LogP contribution < -0.4 is 9.47 Å². The number of rotatable bonds is 9. The van der Waals surface area contributed by atoms with Crippen LogP contribution in [0.5, 0.6) is 11.5 Å². The van der Waals surface area contributed by atoms with E-state index in [0.29, 0.717) is 23.8 Å². The number of benzene rings is 2. The van der Waals surface area contributed by atoms with Gasteiger partial charge in [-0.2, -0.15) is 0 Å². The Hall–Kier alpha value is -2.74. The molecule has 1 saturated heterocycles. The van der Waals surface area contributed by atoms with Crippen LogP contribution in [0, 0.1) is 5.92 Å². The van der Waals surface area contributed by atoms with Gasteiger partial charge in [-0.1, -0.05) is 49.2 Å². The summed E-state index contributed by atoms with van der Waals surface area (Å²) in [5.74, 6) is -0.771. The van der Waals surface area contributed by atoms with Crippen molar-refractivity contribution in [2.24, 2.45) is 5.92 Å². The van der Waals surface area contributed by atoms with Gasteiger partial charge in [-0.25, -0.2) is 0 Å². The number of ether oxygens (including phenoxy) is 3. The molecule has 0 bridgehead atoms. The van der Waals surface area contributed by atoms with Crippen LogP contribution in [0.4, 0.5) is 0 Å². The zero-order chi connectivity index (χ0) is 25.0. The number of hydrogen-bond donors (Lipinski definition) is 1. The molecule has 9 heteroatoms. The zero-order valence-electron chi connectivity index (χ0n) is 19.4. The van der Waals surface area contributed by atoms with E-state index in [0.717, 1.165) is 0 Å². The highest BCUT2D eigenvalue weighted by atomic mass is 35.5. The Morgan fingerprint density at radius 2 is 1.79 bits per heavy atom. The summed E-state index contributed by atoms with van der Waals surface area (Å²) in [5.41, 5.74) is 0.737. The molecule has 1 N–H and O–H groups in total. The number of carbonyl (C=O) groups excluding carboxylic acids is 2. The van der Waals surface area contributed by atoms with Gasteiger partial charge in [0.25, 0.3) is 11.7 Å². The van der Waals surface area contributed by atoms with Gasteiger partial charge in [-0.15, -0.1) is 0 Å². The molecule has 0 saturated carbocycles. The van der Waals surface area contributed by atoms with Crippen LogP contribution in [0.25, 0.3) is 5.76 Å². The highest BCUT2D eigenvalue weighted by Crippen LogP contribution is 2.42. The second kappa shape index (κ2) is 11.1. The van der Waals surface area contributed by atoms with Crippen molar-refractivity contribution < 1.29 is 28.9 Å². The number of aliphatic hydroxyl groups excluding tert-OH is 1. The van der Waals surface area contributed by atoms with Crippen LogP contribution >= 0.6 is 23.2 Å². The minimum absolute atomic E-state index is 0.0700. The molecule has 182 valence electrons. The van der Waals surface area contributed by atoms with Gasteiger partial charge in [0.15, 0.2) is 5.75 Å². The molecule has 0 spiro atoms. The smallest absolute Gasteiger partial charge is 0.295 e. The van der Waals surface area contributed by atoms with Crippen LogP contribution in [0.3, 0.4) is 0 Å². The van der Waals surface area contributed by atoms with E-state index in [2.05, 4.69) is 0 Å². The van der Waals surface area contributed by atoms with Crippen LogP contribution in [0.2, 0.25) is 10.0 Å². The Morgan fingerprint density at radius 1 is 1.12 bits per heavy atom. The quantitative estimate of drug-likeness (QED) is 0.288. The van der Waals surface area contributed by atoms with Crippen molar-refractivity contribution >= 4 is 40.7 Å². The third-order valence-electron chi connectivity index (χ3n) is 5.31. The fraction of sp³-hybridized carbons (Fsp3) is 0.360. The van der Waals surface area contributed by atoms with Crippen LogP contribution in [-0.4, -0.2) is 55.7 Å². The minimum Gasteiger partial charge on any atom is -0.507 e. The molecule has 1 amide bonds. The second-order valence-corrected chi connectivity index (χ2v) is 9.05. The fourth-order valence-corrected chi connectivity index (χ4v) is 4.37. The lowest BCUT2D eigenvalue weighted by Crippen LogP contribution is -2.32. The van der Waals surface area contributed by atoms with Gasteiger partial charge < -0.3 is 24.2 Å². The lowest BCUT2D eigenvalue weighted by atomic mass is 9.95. The van der Waals surface area contributed by atoms with Crippen LogP contribution in [0.15, 0.2) is 42.0 Å². The van der Waals surface area contributed by atoms with Crippen molar-refractivity contribution in [2.45, 2.75) is 19.9 Å². The first-order chi connectivity index (χ1) is 16.2. The number of carbonyl (C=O) groups is 2. The maximum Gasteiger partial charge on any atom is 0.295 e. The second-order valence-electron chi connectivity index (χ2n) is 8.24. The van der Waals surface area contributed by atoms with Crippen molar-refractivity contribution in [3.63, 3.8) is 0 Å². The summed E-state index contributed by atoms with van der Waals surface area (Å²) in [7, 11) is 2.93. The summed E-state index contributed by atoms with van der Waals surface area (Å²) < 4.78 is 16.1. The summed E-state index contributed by atoms with van der Waals surface area (Å²) in [4.78, 5) is 27.4. The van der Waals surface area contributed by atoms with Gasteiger partial charge in [0, 0.05) is 19.2 Å². The Balaban J connectivity index is 2.15. The molecule has 1 heterocycles. The van der Waals surface area contributed by atoms with E-state index in [1.54, 1.807) is 24.3 Å². The van der Waals surface area contributed by atoms with E-state index in [1.165, 1.54) is 31.3 Å². The molecule has 34 heavy (non-hydrogen) atoms. The molecule has 7 nitrogen and oxygen atoms in total. The van der Waals surface area contributed by atoms with E-state index < -0.39 is 17.7 Å². The Bertz CT molecular complexity index is 1090. The van der Waals surface area contributed by atoms with E-state index in [4.69, 9.17) is 37.4 Å². The predicted molar refractivity (Wildman–Crippen MR) is 131 cm³/mol. The highest BCUT2D eigenvalue weighted by Gasteiger charge is 2.46. The lowest BCUT2D eigenvalue weighted by molar-refractivity contribution is -0.140. The maximum absolute atomic E-state index is 13.1. The largest absolute Gasteiger partial charge is 0.507 e. The minimum atomic E-state index is -0.850. The van der Waals surface area contributed by atoms with Crippen LogP contribution in [-0.2, 0) is 14.3 Å². The third kappa shape index (κ3) is 5.32. The van der Waals surface area contributed by atoms with Crippen molar-refractivity contribution in [1.82, 2.24) is 4.90 Å². The van der Waals surface area contributed by atoms with Gasteiger partial charge in [-0.05, 0) is 35.7 Å². The maximum atomic E-state index is 13.1. The molecule has 2 aromatic carbocycles. The number of aliphatic hydroxyl groups is 1. The summed E-state index contributed by atoms with van der Waals surface area (Å²) in [5, 5.41) is 11.5. The predicted octanol–water partition coefficient (Wildman–Crippen LogP) is 5.10. The average molecular weight is 508 g/mol. The van der Waals surface area contributed by atoms with Gasteiger partial charge >= 0.3 is 0 Å². The molecule has 3 rings (SSSR count). The molecule has 1 atom stereocenters. The Kier molecular flexibility index (Phi) is 8.47. The zero-order valence-corrected chi connectivity index (χ0v) is 20.9. The van der Waals surface area contributed by atoms with E-state index in [-0.39, 0.29) is 45.8 Å². The number of Topliss-reactive ketones (excluding diaryl/α,β-unsaturated/α-hetero) is 1. The first kappa shape index (κ1) is 25.9. The molecule has 1 unspecified atom stereocenters. The first-order valence-corrected chi connectivity index (χ1v) is 11.5. The summed E-state index contributed by atoms with van der Waals surface area (Å²) in [6.45, 7) is 4.95. The summed E-state index contributed by atoms with van der Waals surface area (Å²) in [6.07, 6.45) is 0. The van der Waals surface area contributed by atoms with Gasteiger partial charge in [0.2, 0.25) is 0 Å². The number of nitrogens with zero attached hydrogens (tertiary/aromatic N) is 1. The molecular weight excluding hydrogens is 481 g/mol.